The topological polar surface area (TPSA) is 79.9 Å². The molecule has 0 radical (unpaired) electrons. The van der Waals surface area contributed by atoms with Crippen molar-refractivity contribution in [2.24, 2.45) is 0 Å². The van der Waals surface area contributed by atoms with Gasteiger partial charge in [-0.3, -0.25) is 0 Å². The first-order valence-corrected chi connectivity index (χ1v) is 7.70. The van der Waals surface area contributed by atoms with E-state index in [1.54, 1.807) is 25.1 Å². The molecule has 5 heteroatoms. The molecular formula is C19H22O5. The van der Waals surface area contributed by atoms with Crippen molar-refractivity contribution in [3.05, 3.63) is 64.6 Å². The smallest absolute Gasteiger partial charge is 0.336 e. The Kier molecular flexibility index (Phi) is 5.95. The van der Waals surface area contributed by atoms with E-state index in [-0.39, 0.29) is 0 Å². The number of hydrogen-bond donors (Lipinski definition) is 2. The van der Waals surface area contributed by atoms with Gasteiger partial charge < -0.3 is 19.4 Å². The molecule has 2 rings (SSSR count). The fraction of sp³-hybridized carbons (Fsp3) is 0.316. The normalized spacial score (nSPS) is 14.4. The molecule has 1 heterocycles. The molecule has 0 fully saturated rings. The molecule has 1 aromatic carbocycles. The highest BCUT2D eigenvalue weighted by Gasteiger charge is 2.16. The largest absolute Gasteiger partial charge is 0.489 e. The summed E-state index contributed by atoms with van der Waals surface area (Å²) < 4.78 is 10.7. The van der Waals surface area contributed by atoms with Gasteiger partial charge in [0.25, 0.3) is 0 Å². The van der Waals surface area contributed by atoms with Gasteiger partial charge in [-0.05, 0) is 50.1 Å². The highest BCUT2D eigenvalue weighted by atomic mass is 16.5. The molecule has 5 nitrogen and oxygen atoms in total. The molecule has 2 aromatic rings. The van der Waals surface area contributed by atoms with Crippen molar-refractivity contribution < 1.29 is 19.4 Å². The summed E-state index contributed by atoms with van der Waals surface area (Å²) in [5.74, 6) is 0.586. The summed E-state index contributed by atoms with van der Waals surface area (Å²) in [5.41, 5.74) is 1.50. The van der Waals surface area contributed by atoms with Crippen molar-refractivity contribution in [1.29, 1.82) is 0 Å². The van der Waals surface area contributed by atoms with Gasteiger partial charge in [-0.1, -0.05) is 12.2 Å². The molecule has 0 saturated carbocycles. The van der Waals surface area contributed by atoms with E-state index in [1.807, 2.05) is 19.1 Å². The molecule has 128 valence electrons. The predicted molar refractivity (Wildman–Crippen MR) is 93.2 cm³/mol. The summed E-state index contributed by atoms with van der Waals surface area (Å²) in [6.45, 7) is 7.47. The fourth-order valence-electron chi connectivity index (χ4n) is 2.26. The lowest BCUT2D eigenvalue weighted by Crippen LogP contribution is -2.26. The van der Waals surface area contributed by atoms with Crippen LogP contribution in [0.25, 0.3) is 11.0 Å². The Morgan fingerprint density at radius 3 is 2.71 bits per heavy atom. The molecule has 0 spiro atoms. The summed E-state index contributed by atoms with van der Waals surface area (Å²) in [5, 5.41) is 20.4. The van der Waals surface area contributed by atoms with E-state index in [0.29, 0.717) is 29.9 Å². The molecular weight excluding hydrogens is 308 g/mol. The van der Waals surface area contributed by atoms with Crippen LogP contribution < -0.4 is 10.4 Å². The average molecular weight is 330 g/mol. The molecule has 0 amide bonds. The second kappa shape index (κ2) is 7.95. The van der Waals surface area contributed by atoms with Crippen LogP contribution in [0.3, 0.4) is 0 Å². The molecule has 2 unspecified atom stereocenters. The van der Waals surface area contributed by atoms with Crippen LogP contribution >= 0.6 is 0 Å². The first-order chi connectivity index (χ1) is 11.4. The van der Waals surface area contributed by atoms with Crippen molar-refractivity contribution in [3.8, 4) is 5.75 Å². The summed E-state index contributed by atoms with van der Waals surface area (Å²) in [6.07, 6.45) is 0.357. The molecule has 2 atom stereocenters. The maximum atomic E-state index is 11.2. The molecule has 2 N–H and O–H groups in total. The van der Waals surface area contributed by atoms with Gasteiger partial charge in [-0.25, -0.2) is 4.79 Å². The zero-order valence-corrected chi connectivity index (χ0v) is 13.9. The lowest BCUT2D eigenvalue weighted by atomic mass is 10.0. The monoisotopic (exact) mass is 330 g/mol. The lowest BCUT2D eigenvalue weighted by molar-refractivity contribution is 0.0427. The highest BCUT2D eigenvalue weighted by Crippen LogP contribution is 2.19. The second-order valence-electron chi connectivity index (χ2n) is 5.88. The number of ether oxygens (including phenoxy) is 1. The Morgan fingerprint density at radius 1 is 1.29 bits per heavy atom. The molecule has 0 bridgehead atoms. The Labute approximate surface area is 140 Å². The number of benzene rings is 1. The van der Waals surface area contributed by atoms with Gasteiger partial charge in [-0.15, -0.1) is 0 Å². The minimum absolute atomic E-state index is 0.310. The minimum Gasteiger partial charge on any atom is -0.489 e. The molecule has 24 heavy (non-hydrogen) atoms. The lowest BCUT2D eigenvalue weighted by Gasteiger charge is -2.18. The number of hydrogen-bond acceptors (Lipinski definition) is 5. The van der Waals surface area contributed by atoms with Gasteiger partial charge in [0.15, 0.2) is 0 Å². The standard InChI is InChI=1S/C19H22O5/c1-12(2)19(22)16(20)10-13(3)8-9-23-15-6-4-14-5-7-18(21)24-17(14)11-15/h4-8,11,16,19-20,22H,1,9-10H2,2-3H3. The third-order valence-electron chi connectivity index (χ3n) is 3.68. The van der Waals surface area contributed by atoms with Crippen molar-refractivity contribution in [2.75, 3.05) is 6.61 Å². The van der Waals surface area contributed by atoms with E-state index in [9.17, 15) is 15.0 Å². The van der Waals surface area contributed by atoms with Crippen LogP contribution in [-0.4, -0.2) is 29.0 Å². The van der Waals surface area contributed by atoms with Crippen molar-refractivity contribution in [2.45, 2.75) is 32.5 Å². The van der Waals surface area contributed by atoms with E-state index in [2.05, 4.69) is 6.58 Å². The summed E-state index contributed by atoms with van der Waals surface area (Å²) in [6, 6.07) is 8.35. The fourth-order valence-corrected chi connectivity index (χ4v) is 2.26. The van der Waals surface area contributed by atoms with Gasteiger partial charge in [0.1, 0.15) is 24.0 Å². The Hall–Kier alpha value is -2.37. The van der Waals surface area contributed by atoms with Gasteiger partial charge in [0, 0.05) is 17.5 Å². The maximum Gasteiger partial charge on any atom is 0.336 e. The summed E-state index contributed by atoms with van der Waals surface area (Å²) in [7, 11) is 0. The molecule has 0 aliphatic heterocycles. The van der Waals surface area contributed by atoms with E-state index < -0.39 is 17.8 Å². The first kappa shape index (κ1) is 18.0. The number of aliphatic hydroxyl groups is 2. The third kappa shape index (κ3) is 4.81. The maximum absolute atomic E-state index is 11.2. The molecule has 0 aliphatic rings. The van der Waals surface area contributed by atoms with E-state index in [1.165, 1.54) is 6.07 Å². The quantitative estimate of drug-likeness (QED) is 0.603. The number of fused-ring (bicyclic) bond motifs is 1. The van der Waals surface area contributed by atoms with Crippen LogP contribution in [0.2, 0.25) is 0 Å². The third-order valence-corrected chi connectivity index (χ3v) is 3.68. The molecule has 1 aromatic heterocycles. The van der Waals surface area contributed by atoms with Crippen LogP contribution in [0.1, 0.15) is 20.3 Å². The minimum atomic E-state index is -0.933. The number of aliphatic hydroxyl groups excluding tert-OH is 2. The Balaban J connectivity index is 1.95. The van der Waals surface area contributed by atoms with Gasteiger partial charge in [-0.2, -0.15) is 0 Å². The van der Waals surface area contributed by atoms with Gasteiger partial charge >= 0.3 is 5.63 Å². The van der Waals surface area contributed by atoms with Crippen molar-refractivity contribution in [1.82, 2.24) is 0 Å². The van der Waals surface area contributed by atoms with E-state index >= 15 is 0 Å². The van der Waals surface area contributed by atoms with Gasteiger partial charge in [0.2, 0.25) is 0 Å². The van der Waals surface area contributed by atoms with Gasteiger partial charge in [0.05, 0.1) is 6.10 Å². The zero-order chi connectivity index (χ0) is 17.7. The van der Waals surface area contributed by atoms with Crippen LogP contribution in [0.5, 0.6) is 5.75 Å². The molecule has 0 saturated heterocycles. The summed E-state index contributed by atoms with van der Waals surface area (Å²) in [4.78, 5) is 11.2. The zero-order valence-electron chi connectivity index (χ0n) is 13.9. The Bertz CT molecular complexity index is 803. The van der Waals surface area contributed by atoms with Crippen LogP contribution in [0, 0.1) is 0 Å². The van der Waals surface area contributed by atoms with Crippen molar-refractivity contribution in [3.63, 3.8) is 0 Å². The number of rotatable bonds is 7. The SMILES string of the molecule is C=C(C)C(O)C(O)CC(C)=CCOc1ccc2ccc(=O)oc2c1. The van der Waals surface area contributed by atoms with Crippen LogP contribution in [-0.2, 0) is 0 Å². The van der Waals surface area contributed by atoms with Crippen LogP contribution in [0.4, 0.5) is 0 Å². The second-order valence-corrected chi connectivity index (χ2v) is 5.88. The highest BCUT2D eigenvalue weighted by molar-refractivity contribution is 5.77. The average Bonchev–Trinajstić information content (AvgIpc) is 2.53. The van der Waals surface area contributed by atoms with E-state index in [0.717, 1.165) is 11.0 Å². The first-order valence-electron chi connectivity index (χ1n) is 7.70. The molecule has 0 aliphatic carbocycles. The predicted octanol–water partition coefficient (Wildman–Crippen LogP) is 2.81. The van der Waals surface area contributed by atoms with Crippen LogP contribution in [0.15, 0.2) is 63.3 Å². The summed E-state index contributed by atoms with van der Waals surface area (Å²) >= 11 is 0. The van der Waals surface area contributed by atoms with E-state index in [4.69, 9.17) is 9.15 Å². The van der Waals surface area contributed by atoms with Crippen molar-refractivity contribution >= 4 is 11.0 Å². The Morgan fingerprint density at radius 2 is 2.00 bits per heavy atom.